The maximum Gasteiger partial charge on any atom is 0.234 e. The van der Waals surface area contributed by atoms with Crippen LogP contribution in [0.15, 0.2) is 0 Å². The lowest BCUT2D eigenvalue weighted by Gasteiger charge is -2.14. The third-order valence-electron chi connectivity index (χ3n) is 2.24. The number of β-amino-alcohol motifs (C(OH)–C–C–N with tert-alkyl or cyclic N) is 1. The molecule has 1 aliphatic heterocycles. The van der Waals surface area contributed by atoms with Gasteiger partial charge in [-0.15, -0.1) is 0 Å². The minimum atomic E-state index is -0.262. The summed E-state index contributed by atoms with van der Waals surface area (Å²) in [5.74, 6) is -0.00356. The van der Waals surface area contributed by atoms with E-state index in [1.807, 2.05) is 4.90 Å². The molecule has 1 atom stereocenters. The van der Waals surface area contributed by atoms with E-state index in [4.69, 9.17) is 4.74 Å². The highest BCUT2D eigenvalue weighted by atomic mass is 16.5. The lowest BCUT2D eigenvalue weighted by atomic mass is 10.3. The first-order chi connectivity index (χ1) is 6.72. The number of nitrogens with zero attached hydrogens (tertiary/aromatic N) is 1. The van der Waals surface area contributed by atoms with Crippen molar-refractivity contribution in [2.24, 2.45) is 0 Å². The third kappa shape index (κ3) is 4.04. The average molecular weight is 202 g/mol. The molecule has 0 aliphatic carbocycles. The van der Waals surface area contributed by atoms with Gasteiger partial charge in [0.2, 0.25) is 5.91 Å². The Morgan fingerprint density at radius 3 is 3.07 bits per heavy atom. The SMILES string of the molecule is COCCNC(=O)CN1CC[C@H](O)C1. The van der Waals surface area contributed by atoms with Crippen LogP contribution in [0.4, 0.5) is 0 Å². The Labute approximate surface area is 84.0 Å². The van der Waals surface area contributed by atoms with Crippen molar-refractivity contribution in [3.05, 3.63) is 0 Å². The third-order valence-corrected chi connectivity index (χ3v) is 2.24. The molecule has 0 aromatic heterocycles. The van der Waals surface area contributed by atoms with Gasteiger partial charge in [0.15, 0.2) is 0 Å². The first kappa shape index (κ1) is 11.4. The summed E-state index contributed by atoms with van der Waals surface area (Å²) in [4.78, 5) is 13.2. The van der Waals surface area contributed by atoms with Crippen LogP contribution in [0.3, 0.4) is 0 Å². The maximum absolute atomic E-state index is 11.3. The van der Waals surface area contributed by atoms with Crippen molar-refractivity contribution in [2.75, 3.05) is 39.9 Å². The zero-order valence-electron chi connectivity index (χ0n) is 8.53. The van der Waals surface area contributed by atoms with Gasteiger partial charge in [0.25, 0.3) is 0 Å². The minimum absolute atomic E-state index is 0.00356. The van der Waals surface area contributed by atoms with Gasteiger partial charge in [-0.1, -0.05) is 0 Å². The summed E-state index contributed by atoms with van der Waals surface area (Å²) in [6.07, 6.45) is 0.507. The lowest BCUT2D eigenvalue weighted by molar-refractivity contribution is -0.122. The van der Waals surface area contributed by atoms with Crippen molar-refractivity contribution in [1.29, 1.82) is 0 Å². The largest absolute Gasteiger partial charge is 0.392 e. The second-order valence-electron chi connectivity index (χ2n) is 3.52. The van der Waals surface area contributed by atoms with Gasteiger partial charge in [-0.3, -0.25) is 9.69 Å². The minimum Gasteiger partial charge on any atom is -0.392 e. The zero-order chi connectivity index (χ0) is 10.4. The normalized spacial score (nSPS) is 22.6. The molecule has 5 nitrogen and oxygen atoms in total. The van der Waals surface area contributed by atoms with E-state index in [0.29, 0.717) is 26.2 Å². The van der Waals surface area contributed by atoms with Gasteiger partial charge in [0.05, 0.1) is 19.3 Å². The molecule has 0 aromatic carbocycles. The summed E-state index contributed by atoms with van der Waals surface area (Å²) in [6.45, 7) is 2.87. The summed E-state index contributed by atoms with van der Waals surface area (Å²) in [7, 11) is 1.60. The Kier molecular flexibility index (Phi) is 4.86. The van der Waals surface area contributed by atoms with Crippen molar-refractivity contribution in [2.45, 2.75) is 12.5 Å². The maximum atomic E-state index is 11.3. The van der Waals surface area contributed by atoms with Crippen molar-refractivity contribution in [1.82, 2.24) is 10.2 Å². The molecule has 2 N–H and O–H groups in total. The second-order valence-corrected chi connectivity index (χ2v) is 3.52. The second kappa shape index (κ2) is 5.95. The number of carbonyl (C=O) groups is 1. The highest BCUT2D eigenvalue weighted by molar-refractivity contribution is 5.78. The summed E-state index contributed by atoms with van der Waals surface area (Å²) in [6, 6.07) is 0. The van der Waals surface area contributed by atoms with Crippen LogP contribution in [-0.4, -0.2) is 61.9 Å². The molecule has 5 heteroatoms. The van der Waals surface area contributed by atoms with Crippen molar-refractivity contribution in [3.63, 3.8) is 0 Å². The highest BCUT2D eigenvalue weighted by Gasteiger charge is 2.21. The molecule has 1 heterocycles. The number of carbonyl (C=O) groups excluding carboxylic acids is 1. The fourth-order valence-corrected chi connectivity index (χ4v) is 1.51. The van der Waals surface area contributed by atoms with E-state index >= 15 is 0 Å². The molecule has 0 spiro atoms. The molecule has 0 aromatic rings. The van der Waals surface area contributed by atoms with E-state index in [0.717, 1.165) is 13.0 Å². The van der Waals surface area contributed by atoms with E-state index in [9.17, 15) is 9.90 Å². The smallest absolute Gasteiger partial charge is 0.234 e. The van der Waals surface area contributed by atoms with Gasteiger partial charge < -0.3 is 15.2 Å². The summed E-state index contributed by atoms with van der Waals surface area (Å²) < 4.78 is 4.81. The molecule has 1 saturated heterocycles. The van der Waals surface area contributed by atoms with E-state index in [2.05, 4.69) is 5.32 Å². The molecular weight excluding hydrogens is 184 g/mol. The standard InChI is InChI=1S/C9H18N2O3/c1-14-5-3-10-9(13)7-11-4-2-8(12)6-11/h8,12H,2-7H2,1H3,(H,10,13)/t8-/m0/s1. The molecule has 14 heavy (non-hydrogen) atoms. The van der Waals surface area contributed by atoms with Crippen LogP contribution < -0.4 is 5.32 Å². The molecule has 1 rings (SSSR count). The van der Waals surface area contributed by atoms with Crippen LogP contribution in [0.2, 0.25) is 0 Å². The number of ether oxygens (including phenoxy) is 1. The fraction of sp³-hybridized carbons (Fsp3) is 0.889. The molecule has 82 valence electrons. The number of aliphatic hydroxyl groups excluding tert-OH is 1. The molecular formula is C9H18N2O3. The van der Waals surface area contributed by atoms with Gasteiger partial charge >= 0.3 is 0 Å². The average Bonchev–Trinajstić information content (AvgIpc) is 2.52. The molecule has 1 fully saturated rings. The summed E-state index contributed by atoms with van der Waals surface area (Å²) in [5, 5.41) is 12.0. The number of hydrogen-bond acceptors (Lipinski definition) is 4. The number of amides is 1. The topological polar surface area (TPSA) is 61.8 Å². The Hall–Kier alpha value is -0.650. The van der Waals surface area contributed by atoms with Gasteiger partial charge in [-0.2, -0.15) is 0 Å². The van der Waals surface area contributed by atoms with Crippen LogP contribution in [0.25, 0.3) is 0 Å². The van der Waals surface area contributed by atoms with Crippen molar-refractivity contribution in [3.8, 4) is 0 Å². The molecule has 0 radical (unpaired) electrons. The van der Waals surface area contributed by atoms with Crippen LogP contribution >= 0.6 is 0 Å². The van der Waals surface area contributed by atoms with Gasteiger partial charge in [0, 0.05) is 26.7 Å². The number of methoxy groups -OCH3 is 1. The van der Waals surface area contributed by atoms with Crippen LogP contribution in [0.1, 0.15) is 6.42 Å². The quantitative estimate of drug-likeness (QED) is 0.551. The van der Waals surface area contributed by atoms with Gasteiger partial charge in [-0.25, -0.2) is 0 Å². The van der Waals surface area contributed by atoms with Crippen molar-refractivity contribution >= 4 is 5.91 Å². The van der Waals surface area contributed by atoms with Gasteiger partial charge in [-0.05, 0) is 6.42 Å². The monoisotopic (exact) mass is 202 g/mol. The molecule has 0 unspecified atom stereocenters. The van der Waals surface area contributed by atoms with Crippen LogP contribution in [0, 0.1) is 0 Å². The van der Waals surface area contributed by atoms with Crippen LogP contribution in [0.5, 0.6) is 0 Å². The number of hydrogen-bond donors (Lipinski definition) is 2. The Morgan fingerprint density at radius 1 is 1.71 bits per heavy atom. The molecule has 0 bridgehead atoms. The molecule has 1 aliphatic rings. The zero-order valence-corrected chi connectivity index (χ0v) is 8.53. The Balaban J connectivity index is 2.08. The van der Waals surface area contributed by atoms with E-state index in [1.165, 1.54) is 0 Å². The Bertz CT molecular complexity index is 187. The van der Waals surface area contributed by atoms with Crippen LogP contribution in [-0.2, 0) is 9.53 Å². The number of aliphatic hydroxyl groups is 1. The summed E-state index contributed by atoms with van der Waals surface area (Å²) in [5.41, 5.74) is 0. The first-order valence-corrected chi connectivity index (χ1v) is 4.88. The Morgan fingerprint density at radius 2 is 2.50 bits per heavy atom. The predicted octanol–water partition coefficient (Wildman–Crippen LogP) is -1.18. The molecule has 0 saturated carbocycles. The number of rotatable bonds is 5. The fourth-order valence-electron chi connectivity index (χ4n) is 1.51. The number of nitrogens with one attached hydrogen (secondary N) is 1. The highest BCUT2D eigenvalue weighted by Crippen LogP contribution is 2.07. The first-order valence-electron chi connectivity index (χ1n) is 4.88. The van der Waals surface area contributed by atoms with Crippen molar-refractivity contribution < 1.29 is 14.6 Å². The number of likely N-dealkylation sites (tertiary alicyclic amines) is 1. The van der Waals surface area contributed by atoms with E-state index in [-0.39, 0.29) is 12.0 Å². The van der Waals surface area contributed by atoms with Gasteiger partial charge in [0.1, 0.15) is 0 Å². The van der Waals surface area contributed by atoms with E-state index in [1.54, 1.807) is 7.11 Å². The predicted molar refractivity (Wildman–Crippen MR) is 51.9 cm³/mol. The van der Waals surface area contributed by atoms with E-state index < -0.39 is 0 Å². The summed E-state index contributed by atoms with van der Waals surface area (Å²) >= 11 is 0. The molecule has 1 amide bonds. The lowest BCUT2D eigenvalue weighted by Crippen LogP contribution is -2.37.